The van der Waals surface area contributed by atoms with E-state index in [0.717, 1.165) is 18.2 Å². The highest BCUT2D eigenvalue weighted by Gasteiger charge is 2.13. The maximum absolute atomic E-state index is 13.6. The molecule has 2 N–H and O–H groups in total. The van der Waals surface area contributed by atoms with E-state index < -0.39 is 17.5 Å². The Bertz CT molecular complexity index is 631. The summed E-state index contributed by atoms with van der Waals surface area (Å²) >= 11 is 0. The van der Waals surface area contributed by atoms with Gasteiger partial charge in [-0.25, -0.2) is 13.2 Å². The van der Waals surface area contributed by atoms with Crippen molar-refractivity contribution in [1.82, 2.24) is 0 Å². The Morgan fingerprint density at radius 3 is 2.38 bits per heavy atom. The van der Waals surface area contributed by atoms with Crippen molar-refractivity contribution in [2.24, 2.45) is 5.73 Å². The topological polar surface area (TPSA) is 35.2 Å². The molecule has 0 fully saturated rings. The zero-order valence-corrected chi connectivity index (χ0v) is 11.6. The van der Waals surface area contributed by atoms with Gasteiger partial charge >= 0.3 is 0 Å². The number of rotatable bonds is 5. The van der Waals surface area contributed by atoms with Crippen molar-refractivity contribution in [1.29, 1.82) is 0 Å². The van der Waals surface area contributed by atoms with E-state index in [9.17, 15) is 13.2 Å². The minimum atomic E-state index is -0.688. The van der Waals surface area contributed by atoms with Crippen molar-refractivity contribution in [2.45, 2.75) is 25.8 Å². The summed E-state index contributed by atoms with van der Waals surface area (Å²) in [4.78, 5) is 0. The first kappa shape index (κ1) is 15.4. The molecule has 1 atom stereocenters. The smallest absolute Gasteiger partial charge is 0.165 e. The molecule has 0 saturated carbocycles. The third-order valence-corrected chi connectivity index (χ3v) is 3.14. The number of hydrogen-bond acceptors (Lipinski definition) is 2. The molecule has 2 rings (SSSR count). The van der Waals surface area contributed by atoms with E-state index in [-0.39, 0.29) is 17.5 Å². The third kappa shape index (κ3) is 3.98. The van der Waals surface area contributed by atoms with Gasteiger partial charge in [0.2, 0.25) is 0 Å². The van der Waals surface area contributed by atoms with Gasteiger partial charge in [-0.3, -0.25) is 0 Å². The molecule has 2 aromatic rings. The van der Waals surface area contributed by atoms with Gasteiger partial charge in [-0.2, -0.15) is 0 Å². The van der Waals surface area contributed by atoms with Crippen LogP contribution in [0.2, 0.25) is 0 Å². The highest BCUT2D eigenvalue weighted by molar-refractivity contribution is 5.39. The summed E-state index contributed by atoms with van der Waals surface area (Å²) < 4.78 is 45.5. The van der Waals surface area contributed by atoms with Gasteiger partial charge in [-0.05, 0) is 48.7 Å². The van der Waals surface area contributed by atoms with E-state index in [2.05, 4.69) is 0 Å². The van der Waals surface area contributed by atoms with Crippen LogP contribution in [0.5, 0.6) is 11.5 Å². The Balaban J connectivity index is 2.32. The van der Waals surface area contributed by atoms with E-state index in [1.54, 1.807) is 0 Å². The molecule has 21 heavy (non-hydrogen) atoms. The van der Waals surface area contributed by atoms with E-state index in [0.29, 0.717) is 18.4 Å². The Labute approximate surface area is 121 Å². The highest BCUT2D eigenvalue weighted by atomic mass is 19.1. The lowest BCUT2D eigenvalue weighted by Gasteiger charge is -2.14. The van der Waals surface area contributed by atoms with Gasteiger partial charge in [-0.15, -0.1) is 0 Å². The molecule has 0 aliphatic carbocycles. The number of hydrogen-bond donors (Lipinski definition) is 1. The summed E-state index contributed by atoms with van der Waals surface area (Å²) in [7, 11) is 0. The van der Waals surface area contributed by atoms with Crippen molar-refractivity contribution >= 4 is 0 Å². The minimum absolute atomic E-state index is 0.161. The Hall–Kier alpha value is -2.01. The van der Waals surface area contributed by atoms with Gasteiger partial charge in [0.25, 0.3) is 0 Å². The molecule has 0 radical (unpaired) electrons. The Morgan fingerprint density at radius 2 is 1.67 bits per heavy atom. The number of ether oxygens (including phenoxy) is 1. The normalized spacial score (nSPS) is 12.2. The van der Waals surface area contributed by atoms with Crippen molar-refractivity contribution in [3.8, 4) is 11.5 Å². The lowest BCUT2D eigenvalue weighted by molar-refractivity contribution is 0.429. The monoisotopic (exact) mass is 295 g/mol. The van der Waals surface area contributed by atoms with Crippen LogP contribution in [0.4, 0.5) is 13.2 Å². The fraction of sp³-hybridized carbons (Fsp3) is 0.250. The van der Waals surface area contributed by atoms with Gasteiger partial charge in [0.05, 0.1) is 0 Å². The summed E-state index contributed by atoms with van der Waals surface area (Å²) in [5, 5.41) is 0. The molecule has 1 unspecified atom stereocenters. The molecule has 2 nitrogen and oxygen atoms in total. The standard InChI is InChI=1S/C16H16F3NO/c1-2-13(20)8-10-7-11(17)4-6-15(10)21-16-9-12(18)3-5-14(16)19/h3-7,9,13H,2,8,20H2,1H3. The molecule has 0 amide bonds. The molecule has 0 bridgehead atoms. The molecule has 112 valence electrons. The first-order chi connectivity index (χ1) is 9.99. The van der Waals surface area contributed by atoms with Crippen LogP contribution < -0.4 is 10.5 Å². The molecule has 2 aromatic carbocycles. The lowest BCUT2D eigenvalue weighted by Crippen LogP contribution is -2.21. The Kier molecular flexibility index (Phi) is 4.85. The first-order valence-corrected chi connectivity index (χ1v) is 6.66. The van der Waals surface area contributed by atoms with E-state index >= 15 is 0 Å². The maximum atomic E-state index is 13.6. The summed E-state index contributed by atoms with van der Waals surface area (Å²) in [6.07, 6.45) is 1.10. The van der Waals surface area contributed by atoms with Crippen LogP contribution in [0.3, 0.4) is 0 Å². The average Bonchev–Trinajstić information content (AvgIpc) is 2.45. The fourth-order valence-corrected chi connectivity index (χ4v) is 1.91. The SMILES string of the molecule is CCC(N)Cc1cc(F)ccc1Oc1cc(F)ccc1F. The largest absolute Gasteiger partial charge is 0.454 e. The summed E-state index contributed by atoms with van der Waals surface area (Å²) in [6.45, 7) is 1.91. The third-order valence-electron chi connectivity index (χ3n) is 3.14. The quantitative estimate of drug-likeness (QED) is 0.898. The second kappa shape index (κ2) is 6.63. The van der Waals surface area contributed by atoms with E-state index in [1.165, 1.54) is 18.2 Å². The number of halogens is 3. The molecule has 0 aromatic heterocycles. The predicted molar refractivity (Wildman–Crippen MR) is 74.8 cm³/mol. The molecule has 0 aliphatic rings. The van der Waals surface area contributed by atoms with Crippen LogP contribution in [-0.2, 0) is 6.42 Å². The average molecular weight is 295 g/mol. The second-order valence-corrected chi connectivity index (χ2v) is 4.80. The summed E-state index contributed by atoms with van der Waals surface area (Å²) in [5.74, 6) is -1.70. The van der Waals surface area contributed by atoms with Crippen molar-refractivity contribution in [3.05, 3.63) is 59.4 Å². The zero-order valence-electron chi connectivity index (χ0n) is 11.6. The minimum Gasteiger partial charge on any atom is -0.454 e. The molecule has 0 saturated heterocycles. The molecular weight excluding hydrogens is 279 g/mol. The molecule has 0 aliphatic heterocycles. The summed E-state index contributed by atoms with van der Waals surface area (Å²) in [5.41, 5.74) is 6.38. The summed E-state index contributed by atoms with van der Waals surface area (Å²) in [6, 6.07) is 6.65. The maximum Gasteiger partial charge on any atom is 0.165 e. The fourth-order valence-electron chi connectivity index (χ4n) is 1.91. The molecule has 5 heteroatoms. The van der Waals surface area contributed by atoms with Crippen molar-refractivity contribution in [3.63, 3.8) is 0 Å². The first-order valence-electron chi connectivity index (χ1n) is 6.66. The van der Waals surface area contributed by atoms with E-state index in [4.69, 9.17) is 10.5 Å². The number of nitrogens with two attached hydrogens (primary N) is 1. The van der Waals surface area contributed by atoms with Crippen molar-refractivity contribution in [2.75, 3.05) is 0 Å². The molecule has 0 heterocycles. The van der Waals surface area contributed by atoms with Crippen LogP contribution in [0.15, 0.2) is 36.4 Å². The van der Waals surface area contributed by atoms with E-state index in [1.807, 2.05) is 6.92 Å². The lowest BCUT2D eigenvalue weighted by atomic mass is 10.0. The Morgan fingerprint density at radius 1 is 1.00 bits per heavy atom. The van der Waals surface area contributed by atoms with Crippen LogP contribution in [0, 0.1) is 17.5 Å². The van der Waals surface area contributed by atoms with Gasteiger partial charge < -0.3 is 10.5 Å². The second-order valence-electron chi connectivity index (χ2n) is 4.80. The van der Waals surface area contributed by atoms with Gasteiger partial charge in [-0.1, -0.05) is 6.92 Å². The van der Waals surface area contributed by atoms with Crippen molar-refractivity contribution < 1.29 is 17.9 Å². The number of benzene rings is 2. The van der Waals surface area contributed by atoms with Crippen LogP contribution >= 0.6 is 0 Å². The zero-order chi connectivity index (χ0) is 15.4. The van der Waals surface area contributed by atoms with Crippen LogP contribution in [0.25, 0.3) is 0 Å². The van der Waals surface area contributed by atoms with Gasteiger partial charge in [0.15, 0.2) is 11.6 Å². The van der Waals surface area contributed by atoms with Gasteiger partial charge in [0, 0.05) is 12.1 Å². The highest BCUT2D eigenvalue weighted by Crippen LogP contribution is 2.29. The molecule has 0 spiro atoms. The van der Waals surface area contributed by atoms with Crippen LogP contribution in [-0.4, -0.2) is 6.04 Å². The molecular formula is C16H16F3NO. The predicted octanol–water partition coefficient (Wildman–Crippen LogP) is 4.18. The van der Waals surface area contributed by atoms with Crippen LogP contribution in [0.1, 0.15) is 18.9 Å². The van der Waals surface area contributed by atoms with Gasteiger partial charge in [0.1, 0.15) is 17.4 Å².